The van der Waals surface area contributed by atoms with Gasteiger partial charge in [0, 0.05) is 16.6 Å². The molecular formula is C11H14Cl2N2O3S. The molecular weight excluding hydrogens is 311 g/mol. The summed E-state index contributed by atoms with van der Waals surface area (Å²) in [6.45, 7) is 2.08. The van der Waals surface area contributed by atoms with Gasteiger partial charge >= 0.3 is 0 Å². The summed E-state index contributed by atoms with van der Waals surface area (Å²) < 4.78 is 26.0. The van der Waals surface area contributed by atoms with Crippen LogP contribution in [0.15, 0.2) is 23.1 Å². The van der Waals surface area contributed by atoms with Crippen LogP contribution in [0.25, 0.3) is 0 Å². The molecule has 0 aliphatic heterocycles. The van der Waals surface area contributed by atoms with E-state index in [-0.39, 0.29) is 21.5 Å². The molecule has 19 heavy (non-hydrogen) atoms. The summed E-state index contributed by atoms with van der Waals surface area (Å²) in [4.78, 5) is 11.2. The van der Waals surface area contributed by atoms with Crippen LogP contribution < -0.4 is 10.0 Å². The van der Waals surface area contributed by atoms with Gasteiger partial charge < -0.3 is 5.32 Å². The average Bonchev–Trinajstić information content (AvgIpc) is 2.32. The fourth-order valence-electron chi connectivity index (χ4n) is 1.25. The van der Waals surface area contributed by atoms with E-state index in [1.165, 1.54) is 18.2 Å². The quantitative estimate of drug-likeness (QED) is 0.837. The molecule has 8 heteroatoms. The Bertz CT molecular complexity index is 541. The molecule has 0 atom stereocenters. The summed E-state index contributed by atoms with van der Waals surface area (Å²) in [5, 5.41) is 2.98. The van der Waals surface area contributed by atoms with Crippen LogP contribution in [-0.2, 0) is 14.8 Å². The van der Waals surface area contributed by atoms with Gasteiger partial charge in [0.15, 0.2) is 0 Å². The van der Waals surface area contributed by atoms with Crippen LogP contribution in [0.5, 0.6) is 0 Å². The number of rotatable bonds is 6. The van der Waals surface area contributed by atoms with E-state index in [1.807, 2.05) is 6.92 Å². The molecule has 1 aromatic rings. The second kappa shape index (κ2) is 7.09. The molecule has 0 unspecified atom stereocenters. The predicted octanol–water partition coefficient (Wildman–Crippen LogP) is 1.80. The minimum absolute atomic E-state index is 0.0757. The lowest BCUT2D eigenvalue weighted by atomic mass is 10.4. The number of sulfonamides is 1. The first-order valence-electron chi connectivity index (χ1n) is 5.57. The van der Waals surface area contributed by atoms with E-state index < -0.39 is 15.9 Å². The molecule has 5 nitrogen and oxygen atoms in total. The summed E-state index contributed by atoms with van der Waals surface area (Å²) in [6.07, 6.45) is 0.780. The molecule has 1 aromatic carbocycles. The van der Waals surface area contributed by atoms with Crippen LogP contribution in [0.3, 0.4) is 0 Å². The molecule has 0 fully saturated rings. The Morgan fingerprint density at radius 2 is 1.79 bits per heavy atom. The molecule has 2 N–H and O–H groups in total. The van der Waals surface area contributed by atoms with Gasteiger partial charge in [0.05, 0.1) is 11.4 Å². The van der Waals surface area contributed by atoms with Gasteiger partial charge in [0.25, 0.3) is 0 Å². The van der Waals surface area contributed by atoms with E-state index in [4.69, 9.17) is 23.2 Å². The van der Waals surface area contributed by atoms with Crippen molar-refractivity contribution in [2.45, 2.75) is 18.2 Å². The molecule has 0 spiro atoms. The highest BCUT2D eigenvalue weighted by atomic mass is 35.5. The largest absolute Gasteiger partial charge is 0.355 e. The minimum Gasteiger partial charge on any atom is -0.355 e. The van der Waals surface area contributed by atoms with Gasteiger partial charge in [0.2, 0.25) is 15.9 Å². The van der Waals surface area contributed by atoms with Gasteiger partial charge in [-0.05, 0) is 24.6 Å². The average molecular weight is 325 g/mol. The number of carbonyl (C=O) groups excluding carboxylic acids is 1. The number of carbonyl (C=O) groups is 1. The summed E-state index contributed by atoms with van der Waals surface area (Å²) >= 11 is 11.5. The summed E-state index contributed by atoms with van der Waals surface area (Å²) in [7, 11) is -3.81. The Hall–Kier alpha value is -0.820. The summed E-state index contributed by atoms with van der Waals surface area (Å²) in [6, 6.07) is 3.95. The lowest BCUT2D eigenvalue weighted by molar-refractivity contribution is -0.119. The first-order chi connectivity index (χ1) is 8.85. The maximum atomic E-state index is 11.9. The molecule has 0 aliphatic rings. The summed E-state index contributed by atoms with van der Waals surface area (Å²) in [5.41, 5.74) is 0. The van der Waals surface area contributed by atoms with Crippen molar-refractivity contribution in [1.82, 2.24) is 10.0 Å². The third kappa shape index (κ3) is 5.36. The van der Waals surface area contributed by atoms with E-state index in [0.29, 0.717) is 6.54 Å². The van der Waals surface area contributed by atoms with E-state index in [0.717, 1.165) is 6.42 Å². The Morgan fingerprint density at radius 1 is 1.21 bits per heavy atom. The molecule has 0 saturated carbocycles. The van der Waals surface area contributed by atoms with Crippen molar-refractivity contribution >= 4 is 39.1 Å². The van der Waals surface area contributed by atoms with Crippen molar-refractivity contribution in [2.75, 3.05) is 13.1 Å². The van der Waals surface area contributed by atoms with Crippen molar-refractivity contribution in [3.63, 3.8) is 0 Å². The van der Waals surface area contributed by atoms with Gasteiger partial charge in [0.1, 0.15) is 0 Å². The monoisotopic (exact) mass is 324 g/mol. The fourth-order valence-corrected chi connectivity index (χ4v) is 2.96. The Labute approximate surface area is 122 Å². The van der Waals surface area contributed by atoms with Crippen LogP contribution in [0.1, 0.15) is 13.3 Å². The second-order valence-corrected chi connectivity index (χ2v) is 6.42. The number of benzene rings is 1. The molecule has 0 aliphatic carbocycles. The first kappa shape index (κ1) is 16.2. The van der Waals surface area contributed by atoms with Crippen molar-refractivity contribution in [3.05, 3.63) is 28.2 Å². The highest BCUT2D eigenvalue weighted by Crippen LogP contribution is 2.21. The lowest BCUT2D eigenvalue weighted by Gasteiger charge is -2.08. The third-order valence-electron chi connectivity index (χ3n) is 2.14. The zero-order valence-electron chi connectivity index (χ0n) is 10.2. The van der Waals surface area contributed by atoms with E-state index in [2.05, 4.69) is 10.0 Å². The topological polar surface area (TPSA) is 75.3 Å². The summed E-state index contributed by atoms with van der Waals surface area (Å²) in [5.74, 6) is -0.390. The third-order valence-corrected chi connectivity index (χ3v) is 3.96. The normalized spacial score (nSPS) is 11.3. The van der Waals surface area contributed by atoms with Crippen molar-refractivity contribution in [2.24, 2.45) is 0 Å². The van der Waals surface area contributed by atoms with Crippen LogP contribution in [0.4, 0.5) is 0 Å². The predicted molar refractivity (Wildman–Crippen MR) is 75.0 cm³/mol. The zero-order chi connectivity index (χ0) is 14.5. The molecule has 0 bridgehead atoms. The van der Waals surface area contributed by atoms with Crippen LogP contribution in [0, 0.1) is 0 Å². The highest BCUT2D eigenvalue weighted by molar-refractivity contribution is 7.89. The lowest BCUT2D eigenvalue weighted by Crippen LogP contribution is -2.37. The van der Waals surface area contributed by atoms with Crippen molar-refractivity contribution in [1.29, 1.82) is 0 Å². The highest BCUT2D eigenvalue weighted by Gasteiger charge is 2.16. The smallest absolute Gasteiger partial charge is 0.241 e. The van der Waals surface area contributed by atoms with Gasteiger partial charge in [-0.3, -0.25) is 4.79 Å². The van der Waals surface area contributed by atoms with Crippen molar-refractivity contribution in [3.8, 4) is 0 Å². The Balaban J connectivity index is 2.73. The molecule has 0 aromatic heterocycles. The molecule has 0 heterocycles. The van der Waals surface area contributed by atoms with Crippen molar-refractivity contribution < 1.29 is 13.2 Å². The van der Waals surface area contributed by atoms with Crippen LogP contribution in [0.2, 0.25) is 10.0 Å². The van der Waals surface area contributed by atoms with Gasteiger partial charge in [-0.1, -0.05) is 30.1 Å². The SMILES string of the molecule is CCCNC(=O)CNS(=O)(=O)c1cc(Cl)cc(Cl)c1. The van der Waals surface area contributed by atoms with E-state index in [1.54, 1.807) is 0 Å². The molecule has 0 saturated heterocycles. The molecule has 0 radical (unpaired) electrons. The van der Waals surface area contributed by atoms with Gasteiger partial charge in [-0.15, -0.1) is 0 Å². The number of amides is 1. The maximum Gasteiger partial charge on any atom is 0.241 e. The molecule has 1 amide bonds. The molecule has 106 valence electrons. The Morgan fingerprint density at radius 3 is 2.32 bits per heavy atom. The number of nitrogens with one attached hydrogen (secondary N) is 2. The first-order valence-corrected chi connectivity index (χ1v) is 7.81. The Kier molecular flexibility index (Phi) is 6.06. The van der Waals surface area contributed by atoms with Crippen LogP contribution >= 0.6 is 23.2 Å². The molecule has 1 rings (SSSR count). The maximum absolute atomic E-state index is 11.9. The number of hydrogen-bond acceptors (Lipinski definition) is 3. The minimum atomic E-state index is -3.81. The standard InChI is InChI=1S/C11H14Cl2N2O3S/c1-2-3-14-11(16)7-15-19(17,18)10-5-8(12)4-9(13)6-10/h4-6,15H,2-3,7H2,1H3,(H,14,16). The fraction of sp³-hybridized carbons (Fsp3) is 0.364. The van der Waals surface area contributed by atoms with Crippen LogP contribution in [-0.4, -0.2) is 27.4 Å². The van der Waals surface area contributed by atoms with Gasteiger partial charge in [-0.25, -0.2) is 13.1 Å². The van der Waals surface area contributed by atoms with E-state index in [9.17, 15) is 13.2 Å². The number of hydrogen-bond donors (Lipinski definition) is 2. The number of halogens is 2. The zero-order valence-corrected chi connectivity index (χ0v) is 12.6. The van der Waals surface area contributed by atoms with Gasteiger partial charge in [-0.2, -0.15) is 0 Å². The van der Waals surface area contributed by atoms with E-state index >= 15 is 0 Å². The second-order valence-electron chi connectivity index (χ2n) is 3.78.